The maximum absolute atomic E-state index is 12.3. The number of amides is 1. The summed E-state index contributed by atoms with van der Waals surface area (Å²) in [6.07, 6.45) is 1.33. The van der Waals surface area contributed by atoms with Crippen LogP contribution in [-0.4, -0.2) is 36.1 Å². The number of aryl methyl sites for hydroxylation is 1. The Balaban J connectivity index is 1.73. The largest absolute Gasteiger partial charge is 0.508 e. The van der Waals surface area contributed by atoms with E-state index in [1.165, 1.54) is 0 Å². The van der Waals surface area contributed by atoms with Gasteiger partial charge in [0.2, 0.25) is 0 Å². The van der Waals surface area contributed by atoms with Crippen molar-refractivity contribution < 1.29 is 23.9 Å². The van der Waals surface area contributed by atoms with Gasteiger partial charge in [-0.1, -0.05) is 48.5 Å². The lowest BCUT2D eigenvalue weighted by molar-refractivity contribution is 0.00578. The highest BCUT2D eigenvalue weighted by Crippen LogP contribution is 2.38. The summed E-state index contributed by atoms with van der Waals surface area (Å²) in [6.45, 7) is 10.1. The van der Waals surface area contributed by atoms with Gasteiger partial charge in [0.25, 0.3) is 0 Å². The number of rotatable bonds is 6. The molecular formula is C24H30BNO5. The number of hydrogen-bond acceptors (Lipinski definition) is 5. The molecule has 2 aromatic carbocycles. The van der Waals surface area contributed by atoms with Crippen LogP contribution < -0.4 is 5.32 Å². The summed E-state index contributed by atoms with van der Waals surface area (Å²) >= 11 is 0. The summed E-state index contributed by atoms with van der Waals surface area (Å²) in [5.74, 6) is 0.206. The third kappa shape index (κ3) is 5.68. The van der Waals surface area contributed by atoms with E-state index in [1.54, 1.807) is 6.07 Å². The summed E-state index contributed by atoms with van der Waals surface area (Å²) in [5.41, 5.74) is 2.18. The Morgan fingerprint density at radius 1 is 1.10 bits per heavy atom. The minimum absolute atomic E-state index is 0.180. The topological polar surface area (TPSA) is 77.0 Å². The van der Waals surface area contributed by atoms with Gasteiger partial charge in [-0.05, 0) is 62.8 Å². The number of nitrogens with one attached hydrogen (secondary N) is 1. The molecule has 1 saturated heterocycles. The third-order valence-corrected chi connectivity index (χ3v) is 5.79. The van der Waals surface area contributed by atoms with Gasteiger partial charge < -0.3 is 24.5 Å². The van der Waals surface area contributed by atoms with Gasteiger partial charge >= 0.3 is 13.2 Å². The van der Waals surface area contributed by atoms with Crippen molar-refractivity contribution in [1.82, 2.24) is 5.32 Å². The first-order chi connectivity index (χ1) is 14.6. The SMILES string of the molecule is Cc1ccc(C=C(CNC(=O)OCc2ccccc2)B2OC(C)(C)C(C)(C)O2)cc1O. The fourth-order valence-electron chi connectivity index (χ4n) is 3.08. The maximum Gasteiger partial charge on any atom is 0.492 e. The molecule has 0 saturated carbocycles. The predicted octanol–water partition coefficient (Wildman–Crippen LogP) is 4.64. The molecule has 0 bridgehead atoms. The van der Waals surface area contributed by atoms with E-state index in [9.17, 15) is 9.90 Å². The first-order valence-electron chi connectivity index (χ1n) is 10.4. The van der Waals surface area contributed by atoms with Gasteiger partial charge in [0, 0.05) is 6.54 Å². The van der Waals surface area contributed by atoms with Crippen LogP contribution in [0, 0.1) is 6.92 Å². The molecular weight excluding hydrogens is 393 g/mol. The zero-order chi connectivity index (χ0) is 22.6. The molecule has 31 heavy (non-hydrogen) atoms. The van der Waals surface area contributed by atoms with Gasteiger partial charge in [-0.15, -0.1) is 0 Å². The van der Waals surface area contributed by atoms with E-state index in [4.69, 9.17) is 14.0 Å². The standard InChI is InChI=1S/C24H30BNO5/c1-17-11-12-19(14-21(17)27)13-20(25-30-23(2,3)24(4,5)31-25)15-26-22(28)29-16-18-9-7-6-8-10-18/h6-14,27H,15-16H2,1-5H3,(H,26,28). The number of phenols is 1. The Labute approximate surface area is 184 Å². The van der Waals surface area contributed by atoms with Crippen LogP contribution in [0.2, 0.25) is 0 Å². The molecule has 0 aromatic heterocycles. The van der Waals surface area contributed by atoms with Gasteiger partial charge in [-0.2, -0.15) is 0 Å². The molecule has 0 radical (unpaired) electrons. The van der Waals surface area contributed by atoms with E-state index in [0.29, 0.717) is 0 Å². The molecule has 6 nitrogen and oxygen atoms in total. The zero-order valence-corrected chi connectivity index (χ0v) is 18.8. The highest BCUT2D eigenvalue weighted by Gasteiger charge is 2.52. The van der Waals surface area contributed by atoms with Crippen molar-refractivity contribution >= 4 is 19.3 Å². The molecule has 3 rings (SSSR count). The molecule has 2 N–H and O–H groups in total. The third-order valence-electron chi connectivity index (χ3n) is 5.79. The van der Waals surface area contributed by atoms with Crippen molar-refractivity contribution in [1.29, 1.82) is 0 Å². The molecule has 1 amide bonds. The Kier molecular flexibility index (Phi) is 6.77. The van der Waals surface area contributed by atoms with E-state index in [0.717, 1.165) is 22.2 Å². The number of benzene rings is 2. The number of aromatic hydroxyl groups is 1. The summed E-state index contributed by atoms with van der Waals surface area (Å²) in [6, 6.07) is 14.9. The van der Waals surface area contributed by atoms with Crippen LogP contribution in [0.15, 0.2) is 54.0 Å². The van der Waals surface area contributed by atoms with Crippen molar-refractivity contribution in [3.05, 3.63) is 70.7 Å². The van der Waals surface area contributed by atoms with Crippen LogP contribution in [0.1, 0.15) is 44.4 Å². The average molecular weight is 423 g/mol. The monoisotopic (exact) mass is 423 g/mol. The molecule has 1 heterocycles. The molecule has 0 aliphatic carbocycles. The van der Waals surface area contributed by atoms with Crippen molar-refractivity contribution in [2.45, 2.75) is 52.4 Å². The normalized spacial score (nSPS) is 17.5. The van der Waals surface area contributed by atoms with Crippen molar-refractivity contribution in [3.63, 3.8) is 0 Å². The van der Waals surface area contributed by atoms with Crippen LogP contribution in [0.25, 0.3) is 6.08 Å². The second-order valence-corrected chi connectivity index (χ2v) is 8.77. The summed E-state index contributed by atoms with van der Waals surface area (Å²) in [5, 5.41) is 12.8. The van der Waals surface area contributed by atoms with Crippen molar-refractivity contribution in [2.24, 2.45) is 0 Å². The summed E-state index contributed by atoms with van der Waals surface area (Å²) < 4.78 is 17.6. The van der Waals surface area contributed by atoms with Gasteiger partial charge in [0.1, 0.15) is 12.4 Å². The molecule has 0 unspecified atom stereocenters. The number of alkyl carbamates (subject to hydrolysis) is 1. The molecule has 0 spiro atoms. The molecule has 1 fully saturated rings. The van der Waals surface area contributed by atoms with Crippen LogP contribution in [-0.2, 0) is 20.7 Å². The van der Waals surface area contributed by atoms with Gasteiger partial charge in [-0.25, -0.2) is 4.79 Å². The molecule has 164 valence electrons. The minimum Gasteiger partial charge on any atom is -0.508 e. The smallest absolute Gasteiger partial charge is 0.492 e. The average Bonchev–Trinajstić information content (AvgIpc) is 2.94. The first kappa shape index (κ1) is 22.9. The van der Waals surface area contributed by atoms with Crippen molar-refractivity contribution in [2.75, 3.05) is 6.54 Å². The molecule has 2 aromatic rings. The Hall–Kier alpha value is -2.77. The van der Waals surface area contributed by atoms with Crippen LogP contribution in [0.4, 0.5) is 4.79 Å². The summed E-state index contributed by atoms with van der Waals surface area (Å²) in [4.78, 5) is 12.3. The second-order valence-electron chi connectivity index (χ2n) is 8.77. The van der Waals surface area contributed by atoms with E-state index < -0.39 is 24.4 Å². The Morgan fingerprint density at radius 3 is 2.35 bits per heavy atom. The van der Waals surface area contributed by atoms with Crippen LogP contribution >= 0.6 is 0 Å². The molecule has 1 aliphatic heterocycles. The van der Waals surface area contributed by atoms with E-state index in [2.05, 4.69) is 5.32 Å². The highest BCUT2D eigenvalue weighted by molar-refractivity contribution is 6.56. The highest BCUT2D eigenvalue weighted by atomic mass is 16.7. The van der Waals surface area contributed by atoms with Gasteiger partial charge in [-0.3, -0.25) is 0 Å². The lowest BCUT2D eigenvalue weighted by Crippen LogP contribution is -2.41. The lowest BCUT2D eigenvalue weighted by Gasteiger charge is -2.32. The summed E-state index contributed by atoms with van der Waals surface area (Å²) in [7, 11) is -0.636. The van der Waals surface area contributed by atoms with E-state index >= 15 is 0 Å². The van der Waals surface area contributed by atoms with E-state index in [1.807, 2.05) is 83.2 Å². The van der Waals surface area contributed by atoms with Crippen LogP contribution in [0.5, 0.6) is 5.75 Å². The molecule has 0 atom stereocenters. The number of ether oxygens (including phenoxy) is 1. The molecule has 7 heteroatoms. The van der Waals surface area contributed by atoms with Gasteiger partial charge in [0.15, 0.2) is 0 Å². The maximum atomic E-state index is 12.3. The quantitative estimate of drug-likeness (QED) is 0.662. The Morgan fingerprint density at radius 2 is 1.74 bits per heavy atom. The van der Waals surface area contributed by atoms with Crippen LogP contribution in [0.3, 0.4) is 0 Å². The fourth-order valence-corrected chi connectivity index (χ4v) is 3.08. The fraction of sp³-hybridized carbons (Fsp3) is 0.375. The number of hydrogen-bond donors (Lipinski definition) is 2. The molecule has 1 aliphatic rings. The number of carbonyl (C=O) groups is 1. The minimum atomic E-state index is -0.636. The zero-order valence-electron chi connectivity index (χ0n) is 18.8. The first-order valence-corrected chi connectivity index (χ1v) is 10.4. The Bertz CT molecular complexity index is 940. The lowest BCUT2D eigenvalue weighted by atomic mass is 9.77. The number of phenolic OH excluding ortho intramolecular Hbond substituents is 1. The second kappa shape index (κ2) is 9.16. The van der Waals surface area contributed by atoms with Crippen molar-refractivity contribution in [3.8, 4) is 5.75 Å². The van der Waals surface area contributed by atoms with Gasteiger partial charge in [0.05, 0.1) is 11.2 Å². The predicted molar refractivity (Wildman–Crippen MR) is 122 cm³/mol. The van der Waals surface area contributed by atoms with E-state index in [-0.39, 0.29) is 18.9 Å². The number of carbonyl (C=O) groups excluding carboxylic acids is 1.